The zero-order valence-corrected chi connectivity index (χ0v) is 17.6. The van der Waals surface area contributed by atoms with Crippen LogP contribution in [0.4, 0.5) is 0 Å². The molecule has 0 bridgehead atoms. The number of benzene rings is 1. The minimum atomic E-state index is -0.435. The summed E-state index contributed by atoms with van der Waals surface area (Å²) in [7, 11) is 0. The fourth-order valence-electron chi connectivity index (χ4n) is 3.36. The van der Waals surface area contributed by atoms with Gasteiger partial charge in [-0.15, -0.1) is 10.2 Å². The van der Waals surface area contributed by atoms with Crippen molar-refractivity contribution >= 4 is 34.4 Å². The van der Waals surface area contributed by atoms with Gasteiger partial charge in [0.25, 0.3) is 11.1 Å². The van der Waals surface area contributed by atoms with Gasteiger partial charge in [-0.25, -0.2) is 4.79 Å². The molecule has 154 valence electrons. The third kappa shape index (κ3) is 3.63. The maximum atomic E-state index is 12.7. The first kappa shape index (κ1) is 20.0. The van der Waals surface area contributed by atoms with Crippen LogP contribution in [-0.4, -0.2) is 44.3 Å². The molecule has 0 fully saturated rings. The van der Waals surface area contributed by atoms with Crippen LogP contribution in [0.1, 0.15) is 39.0 Å². The Morgan fingerprint density at radius 2 is 2.00 bits per heavy atom. The number of ketones is 1. The number of Topliss-reactive ketones (excluding diaryl/α,β-unsaturated/α-hetero) is 1. The smallest absolute Gasteiger partial charge is 0.340 e. The number of hydrogen-bond donors (Lipinski definition) is 2. The van der Waals surface area contributed by atoms with E-state index in [0.717, 1.165) is 28.2 Å². The molecule has 1 aromatic carbocycles. The maximum absolute atomic E-state index is 12.7. The summed E-state index contributed by atoms with van der Waals surface area (Å²) in [6.45, 7) is 5.49. The van der Waals surface area contributed by atoms with Crippen LogP contribution in [-0.2, 0) is 4.74 Å². The van der Waals surface area contributed by atoms with Crippen LogP contribution in [0.3, 0.4) is 0 Å². The van der Waals surface area contributed by atoms with Gasteiger partial charge in [0.1, 0.15) is 0 Å². The second-order valence-corrected chi connectivity index (χ2v) is 7.60. The van der Waals surface area contributed by atoms with Gasteiger partial charge in [-0.05, 0) is 32.4 Å². The van der Waals surface area contributed by atoms with E-state index in [4.69, 9.17) is 9.15 Å². The number of para-hydroxylation sites is 1. The van der Waals surface area contributed by atoms with E-state index in [1.807, 2.05) is 30.5 Å². The van der Waals surface area contributed by atoms with Crippen molar-refractivity contribution < 1.29 is 18.7 Å². The molecule has 0 unspecified atom stereocenters. The van der Waals surface area contributed by atoms with E-state index in [9.17, 15) is 9.59 Å². The van der Waals surface area contributed by atoms with Crippen molar-refractivity contribution in [3.8, 4) is 11.5 Å². The predicted octanol–water partition coefficient (Wildman–Crippen LogP) is 4.31. The average Bonchev–Trinajstić information content (AvgIpc) is 3.43. The number of carbonyl (C=O) groups excluding carboxylic acids is 2. The Hall–Kier alpha value is -3.33. The number of nitrogens with zero attached hydrogens (tertiary/aromatic N) is 2. The second-order valence-electron chi connectivity index (χ2n) is 6.68. The Bertz CT molecular complexity index is 1240. The van der Waals surface area contributed by atoms with Crippen LogP contribution in [0.15, 0.2) is 40.1 Å². The van der Waals surface area contributed by atoms with Gasteiger partial charge in [0, 0.05) is 22.8 Å². The molecule has 0 aliphatic rings. The molecule has 0 amide bonds. The summed E-state index contributed by atoms with van der Waals surface area (Å²) in [5, 5.41) is 9.42. The zero-order chi connectivity index (χ0) is 21.3. The van der Waals surface area contributed by atoms with Crippen molar-refractivity contribution in [2.75, 3.05) is 12.4 Å². The summed E-state index contributed by atoms with van der Waals surface area (Å²) in [6, 6.07) is 7.82. The quantitative estimate of drug-likeness (QED) is 0.258. The summed E-state index contributed by atoms with van der Waals surface area (Å²) in [5.74, 6) is -0.115. The lowest BCUT2D eigenvalue weighted by Gasteiger charge is -2.02. The van der Waals surface area contributed by atoms with Gasteiger partial charge < -0.3 is 19.1 Å². The van der Waals surface area contributed by atoms with Crippen molar-refractivity contribution in [2.45, 2.75) is 26.0 Å². The number of H-pyrrole nitrogens is 2. The lowest BCUT2D eigenvalue weighted by Crippen LogP contribution is -2.08. The third-order valence-corrected chi connectivity index (χ3v) is 5.57. The van der Waals surface area contributed by atoms with Crippen molar-refractivity contribution in [2.24, 2.45) is 0 Å². The summed E-state index contributed by atoms with van der Waals surface area (Å²) in [4.78, 5) is 31.0. The number of thioether (sulfide) groups is 1. The number of esters is 1. The first-order chi connectivity index (χ1) is 14.5. The van der Waals surface area contributed by atoms with Gasteiger partial charge in [-0.2, -0.15) is 0 Å². The van der Waals surface area contributed by atoms with Gasteiger partial charge in [0.05, 0.1) is 29.2 Å². The Morgan fingerprint density at radius 3 is 2.80 bits per heavy atom. The Morgan fingerprint density at radius 1 is 1.20 bits per heavy atom. The van der Waals surface area contributed by atoms with Gasteiger partial charge >= 0.3 is 5.97 Å². The number of carbonyl (C=O) groups is 2. The van der Waals surface area contributed by atoms with Gasteiger partial charge in [0.2, 0.25) is 0 Å². The van der Waals surface area contributed by atoms with Gasteiger partial charge in [-0.1, -0.05) is 30.0 Å². The number of aromatic amines is 2. The number of aromatic nitrogens is 4. The Balaban J connectivity index is 1.48. The van der Waals surface area contributed by atoms with E-state index in [1.165, 1.54) is 0 Å². The number of nitrogens with one attached hydrogen (secondary N) is 2. The monoisotopic (exact) mass is 424 g/mol. The van der Waals surface area contributed by atoms with Crippen LogP contribution in [0.2, 0.25) is 0 Å². The fraction of sp³-hybridized carbons (Fsp3) is 0.238. The maximum Gasteiger partial charge on any atom is 0.340 e. The van der Waals surface area contributed by atoms with Crippen molar-refractivity contribution in [1.82, 2.24) is 20.2 Å². The molecule has 2 N–H and O–H groups in total. The Labute approximate surface area is 176 Å². The number of hydrogen-bond acceptors (Lipinski definition) is 7. The van der Waals surface area contributed by atoms with E-state index in [0.29, 0.717) is 33.6 Å². The predicted molar refractivity (Wildman–Crippen MR) is 113 cm³/mol. The highest BCUT2D eigenvalue weighted by molar-refractivity contribution is 7.99. The largest absolute Gasteiger partial charge is 0.462 e. The summed E-state index contributed by atoms with van der Waals surface area (Å²) in [6.07, 6.45) is 1.82. The second kappa shape index (κ2) is 8.19. The van der Waals surface area contributed by atoms with Crippen LogP contribution in [0.5, 0.6) is 0 Å². The molecule has 30 heavy (non-hydrogen) atoms. The molecular formula is C21H20N4O4S. The molecule has 8 nitrogen and oxygen atoms in total. The first-order valence-corrected chi connectivity index (χ1v) is 10.4. The molecule has 3 heterocycles. The topological polar surface area (TPSA) is 114 Å². The highest BCUT2D eigenvalue weighted by Gasteiger charge is 2.23. The molecule has 0 saturated heterocycles. The minimum absolute atomic E-state index is 0.0958. The highest BCUT2D eigenvalue weighted by Crippen LogP contribution is 2.30. The summed E-state index contributed by atoms with van der Waals surface area (Å²) in [5.41, 5.74) is 3.78. The standard InChI is InChI=1S/C21H20N4O4S/c1-4-28-20(27)17-11(2)18(23-12(17)3)16(26)10-30-21-25-24-19(29-21)14-9-22-15-8-6-5-7-13(14)15/h5-9,22-23H,4,10H2,1-3H3. The van der Waals surface area contributed by atoms with E-state index in [-0.39, 0.29) is 18.1 Å². The Kier molecular flexibility index (Phi) is 5.45. The van der Waals surface area contributed by atoms with E-state index >= 15 is 0 Å². The number of aryl methyl sites for hydroxylation is 1. The lowest BCUT2D eigenvalue weighted by molar-refractivity contribution is 0.0525. The molecule has 0 aliphatic carbocycles. The van der Waals surface area contributed by atoms with E-state index in [2.05, 4.69) is 20.2 Å². The van der Waals surface area contributed by atoms with Crippen LogP contribution >= 0.6 is 11.8 Å². The molecule has 4 aromatic rings. The molecule has 0 aliphatic heterocycles. The average molecular weight is 424 g/mol. The molecule has 0 radical (unpaired) electrons. The van der Waals surface area contributed by atoms with Crippen LogP contribution in [0, 0.1) is 13.8 Å². The first-order valence-electron chi connectivity index (χ1n) is 9.41. The normalized spacial score (nSPS) is 11.2. The molecule has 3 aromatic heterocycles. The SMILES string of the molecule is CCOC(=O)c1c(C)[nH]c(C(=O)CSc2nnc(-c3c[nH]c4ccccc34)o2)c1C. The van der Waals surface area contributed by atoms with Crippen molar-refractivity contribution in [3.63, 3.8) is 0 Å². The number of fused-ring (bicyclic) bond motifs is 1. The molecule has 4 rings (SSSR count). The molecule has 0 atom stereocenters. The van der Waals surface area contributed by atoms with Crippen LogP contribution in [0.25, 0.3) is 22.4 Å². The zero-order valence-electron chi connectivity index (χ0n) is 16.7. The highest BCUT2D eigenvalue weighted by atomic mass is 32.2. The molecular weight excluding hydrogens is 404 g/mol. The minimum Gasteiger partial charge on any atom is -0.462 e. The molecule has 0 spiro atoms. The number of rotatable bonds is 7. The molecule has 9 heteroatoms. The lowest BCUT2D eigenvalue weighted by atomic mass is 10.1. The van der Waals surface area contributed by atoms with Gasteiger partial charge in [-0.3, -0.25) is 4.79 Å². The van der Waals surface area contributed by atoms with Crippen molar-refractivity contribution in [1.29, 1.82) is 0 Å². The third-order valence-electron chi connectivity index (χ3n) is 4.75. The fourth-order valence-corrected chi connectivity index (χ4v) is 4.00. The van der Waals surface area contributed by atoms with Gasteiger partial charge in [0.15, 0.2) is 5.78 Å². The summed E-state index contributed by atoms with van der Waals surface area (Å²) >= 11 is 1.15. The molecule has 0 saturated carbocycles. The van der Waals surface area contributed by atoms with Crippen LogP contribution < -0.4 is 0 Å². The summed E-state index contributed by atoms with van der Waals surface area (Å²) < 4.78 is 10.8. The number of ether oxygens (including phenoxy) is 1. The van der Waals surface area contributed by atoms with E-state index < -0.39 is 5.97 Å². The van der Waals surface area contributed by atoms with Crippen molar-refractivity contribution in [3.05, 3.63) is 53.0 Å². The van der Waals surface area contributed by atoms with E-state index in [1.54, 1.807) is 20.8 Å².